The standard InChI is InChI=1S/C77H150O17P2/c1-67(2)53-45-37-29-23-17-13-11-9-10-12-14-19-26-32-41-49-57-74(79)87-63-72(93-77(82)60-52-44-34-28-22-21-25-31-39-47-55-69(5)6)65-91-95(83,84)89-61-71(78)62-90-96(85,86)92-66-73(64-88-75(80)58-50-42-36-35-40-48-56-70(7)8)94-76(81)59-51-43-33-27-20-16-15-18-24-30-38-46-54-68(3)4/h67-73,78H,9-66H2,1-8H3,(H,83,84)(H,85,86)/t71-,72-,73-/m1/s1. The summed E-state index contributed by atoms with van der Waals surface area (Å²) in [6, 6.07) is 0. The van der Waals surface area contributed by atoms with Gasteiger partial charge in [0.25, 0.3) is 0 Å². The number of aliphatic hydroxyl groups is 1. The SMILES string of the molecule is CC(C)CCCCCCCCCCCCCCCCCCC(=O)OC[C@H](COP(=O)(O)OC[C@@H](O)COP(=O)(O)OC[C@@H](COC(=O)CCCCCCCCC(C)C)OC(=O)CCCCCCCCCCCCCCC(C)C)OC(=O)CCCCCCCCCCCCC(C)C. The highest BCUT2D eigenvalue weighted by molar-refractivity contribution is 7.47. The number of hydrogen-bond donors (Lipinski definition) is 3. The lowest BCUT2D eigenvalue weighted by molar-refractivity contribution is -0.161. The van der Waals surface area contributed by atoms with Gasteiger partial charge in [-0.15, -0.1) is 0 Å². The maximum absolute atomic E-state index is 13.1. The second kappa shape index (κ2) is 66.3. The molecule has 0 bridgehead atoms. The Hall–Kier alpha value is -1.94. The molecule has 0 aromatic rings. The Labute approximate surface area is 588 Å². The number of aliphatic hydroxyl groups excluding tert-OH is 1. The quantitative estimate of drug-likeness (QED) is 0.0222. The van der Waals surface area contributed by atoms with Gasteiger partial charge in [0, 0.05) is 25.7 Å². The minimum Gasteiger partial charge on any atom is -0.462 e. The van der Waals surface area contributed by atoms with E-state index in [4.69, 9.17) is 37.0 Å². The van der Waals surface area contributed by atoms with Crippen LogP contribution in [0.5, 0.6) is 0 Å². The molecular formula is C77H150O17P2. The van der Waals surface area contributed by atoms with Crippen molar-refractivity contribution in [2.24, 2.45) is 23.7 Å². The lowest BCUT2D eigenvalue weighted by atomic mass is 10.0. The molecule has 0 saturated carbocycles. The third-order valence-corrected chi connectivity index (χ3v) is 19.7. The van der Waals surface area contributed by atoms with Gasteiger partial charge in [0.2, 0.25) is 0 Å². The van der Waals surface area contributed by atoms with Crippen LogP contribution in [0, 0.1) is 23.7 Å². The number of carbonyl (C=O) groups is 4. The molecule has 96 heavy (non-hydrogen) atoms. The summed E-state index contributed by atoms with van der Waals surface area (Å²) in [6.45, 7) is 14.2. The molecule has 0 amide bonds. The van der Waals surface area contributed by atoms with Gasteiger partial charge in [-0.25, -0.2) is 9.13 Å². The molecule has 0 aliphatic rings. The van der Waals surface area contributed by atoms with E-state index in [0.29, 0.717) is 31.6 Å². The van der Waals surface area contributed by atoms with Crippen LogP contribution in [0.25, 0.3) is 0 Å². The van der Waals surface area contributed by atoms with Crippen molar-refractivity contribution in [3.05, 3.63) is 0 Å². The van der Waals surface area contributed by atoms with Crippen LogP contribution in [0.15, 0.2) is 0 Å². The molecule has 0 fully saturated rings. The number of rotatable bonds is 74. The molecular weight excluding hydrogens is 1260 g/mol. The normalized spacial score (nSPS) is 14.1. The molecule has 0 aromatic carbocycles. The fourth-order valence-corrected chi connectivity index (χ4v) is 13.3. The van der Waals surface area contributed by atoms with Gasteiger partial charge in [0.1, 0.15) is 19.3 Å². The number of esters is 4. The number of ether oxygens (including phenoxy) is 4. The third-order valence-electron chi connectivity index (χ3n) is 17.8. The molecule has 5 atom stereocenters. The third kappa shape index (κ3) is 70.5. The van der Waals surface area contributed by atoms with E-state index in [2.05, 4.69) is 55.4 Å². The maximum atomic E-state index is 13.1. The summed E-state index contributed by atoms with van der Waals surface area (Å²) in [6.07, 6.45) is 51.5. The minimum absolute atomic E-state index is 0.105. The molecule has 0 rings (SSSR count). The zero-order valence-electron chi connectivity index (χ0n) is 63.0. The molecule has 2 unspecified atom stereocenters. The van der Waals surface area contributed by atoms with Crippen LogP contribution in [-0.4, -0.2) is 96.7 Å². The molecule has 0 aliphatic carbocycles. The fraction of sp³-hybridized carbons (Fsp3) is 0.948. The highest BCUT2D eigenvalue weighted by Crippen LogP contribution is 2.45. The second-order valence-electron chi connectivity index (χ2n) is 29.7. The molecule has 0 radical (unpaired) electrons. The molecule has 570 valence electrons. The van der Waals surface area contributed by atoms with Crippen LogP contribution >= 0.6 is 15.6 Å². The van der Waals surface area contributed by atoms with E-state index in [1.54, 1.807) is 0 Å². The first-order valence-corrected chi connectivity index (χ1v) is 42.7. The van der Waals surface area contributed by atoms with Crippen molar-refractivity contribution in [3.63, 3.8) is 0 Å². The number of carbonyl (C=O) groups excluding carboxylic acids is 4. The van der Waals surface area contributed by atoms with Crippen LogP contribution in [-0.2, 0) is 65.4 Å². The second-order valence-corrected chi connectivity index (χ2v) is 32.6. The van der Waals surface area contributed by atoms with E-state index in [-0.39, 0.29) is 25.7 Å². The van der Waals surface area contributed by atoms with Gasteiger partial charge in [-0.3, -0.25) is 37.3 Å². The summed E-state index contributed by atoms with van der Waals surface area (Å²) in [5.41, 5.74) is 0. The number of unbranched alkanes of at least 4 members (excludes halogenated alkanes) is 40. The number of phosphoric acid groups is 2. The van der Waals surface area contributed by atoms with Gasteiger partial charge in [0.05, 0.1) is 26.4 Å². The average Bonchev–Trinajstić information content (AvgIpc) is 1.20. The van der Waals surface area contributed by atoms with Gasteiger partial charge >= 0.3 is 39.5 Å². The predicted molar refractivity (Wildman–Crippen MR) is 391 cm³/mol. The summed E-state index contributed by atoms with van der Waals surface area (Å²) in [4.78, 5) is 72.8. The largest absolute Gasteiger partial charge is 0.472 e. The van der Waals surface area contributed by atoms with Crippen molar-refractivity contribution in [2.75, 3.05) is 39.6 Å². The van der Waals surface area contributed by atoms with Crippen LogP contribution < -0.4 is 0 Å². The predicted octanol–water partition coefficient (Wildman–Crippen LogP) is 22.4. The van der Waals surface area contributed by atoms with Crippen molar-refractivity contribution in [2.45, 2.75) is 408 Å². The Morgan fingerprint density at radius 3 is 0.646 bits per heavy atom. The van der Waals surface area contributed by atoms with Crippen LogP contribution in [0.3, 0.4) is 0 Å². The molecule has 0 spiro atoms. The maximum Gasteiger partial charge on any atom is 0.472 e. The lowest BCUT2D eigenvalue weighted by Gasteiger charge is -2.21. The van der Waals surface area contributed by atoms with E-state index in [1.807, 2.05) is 0 Å². The Balaban J connectivity index is 5.21. The first-order valence-electron chi connectivity index (χ1n) is 39.7. The molecule has 0 heterocycles. The Morgan fingerprint density at radius 1 is 0.260 bits per heavy atom. The fourth-order valence-electron chi connectivity index (χ4n) is 11.7. The van der Waals surface area contributed by atoms with Gasteiger partial charge in [-0.1, -0.05) is 338 Å². The summed E-state index contributed by atoms with van der Waals surface area (Å²) in [5, 5.41) is 10.6. The zero-order chi connectivity index (χ0) is 71.0. The topological polar surface area (TPSA) is 237 Å². The van der Waals surface area contributed by atoms with Gasteiger partial charge in [-0.05, 0) is 49.4 Å². The van der Waals surface area contributed by atoms with Gasteiger partial charge < -0.3 is 33.8 Å². The van der Waals surface area contributed by atoms with E-state index in [1.165, 1.54) is 186 Å². The van der Waals surface area contributed by atoms with E-state index in [9.17, 15) is 43.2 Å². The van der Waals surface area contributed by atoms with Crippen molar-refractivity contribution in [1.29, 1.82) is 0 Å². The van der Waals surface area contributed by atoms with Crippen LogP contribution in [0.4, 0.5) is 0 Å². The monoisotopic (exact) mass is 1410 g/mol. The van der Waals surface area contributed by atoms with Crippen molar-refractivity contribution in [1.82, 2.24) is 0 Å². The van der Waals surface area contributed by atoms with Gasteiger partial charge in [0.15, 0.2) is 12.2 Å². The molecule has 3 N–H and O–H groups in total. The molecule has 0 aromatic heterocycles. The summed E-state index contributed by atoms with van der Waals surface area (Å²) in [5.74, 6) is 0.899. The van der Waals surface area contributed by atoms with Crippen LogP contribution in [0.1, 0.15) is 389 Å². The molecule has 0 aliphatic heterocycles. The Kier molecular flexibility index (Phi) is 65.0. The average molecular weight is 1410 g/mol. The minimum atomic E-state index is -4.96. The summed E-state index contributed by atoms with van der Waals surface area (Å²) >= 11 is 0. The smallest absolute Gasteiger partial charge is 0.462 e. The van der Waals surface area contributed by atoms with Gasteiger partial charge in [-0.2, -0.15) is 0 Å². The summed E-state index contributed by atoms with van der Waals surface area (Å²) < 4.78 is 68.5. The first kappa shape index (κ1) is 94.1. The number of phosphoric ester groups is 2. The highest BCUT2D eigenvalue weighted by Gasteiger charge is 2.30. The highest BCUT2D eigenvalue weighted by atomic mass is 31.2. The van der Waals surface area contributed by atoms with E-state index in [0.717, 1.165) is 114 Å². The van der Waals surface area contributed by atoms with E-state index < -0.39 is 97.5 Å². The molecule has 0 saturated heterocycles. The Morgan fingerprint density at radius 2 is 0.438 bits per heavy atom. The van der Waals surface area contributed by atoms with Crippen LogP contribution in [0.2, 0.25) is 0 Å². The first-order chi connectivity index (χ1) is 46.1. The molecule has 19 heteroatoms. The lowest BCUT2D eigenvalue weighted by Crippen LogP contribution is -2.30. The van der Waals surface area contributed by atoms with E-state index >= 15 is 0 Å². The van der Waals surface area contributed by atoms with Crippen molar-refractivity contribution >= 4 is 39.5 Å². The molecule has 17 nitrogen and oxygen atoms in total. The number of hydrogen-bond acceptors (Lipinski definition) is 15. The van der Waals surface area contributed by atoms with Crippen molar-refractivity contribution < 1.29 is 80.2 Å². The van der Waals surface area contributed by atoms with Crippen molar-refractivity contribution in [3.8, 4) is 0 Å². The zero-order valence-corrected chi connectivity index (χ0v) is 64.8. The summed E-state index contributed by atoms with van der Waals surface area (Å²) in [7, 11) is -9.91. The Bertz CT molecular complexity index is 1880.